The van der Waals surface area contributed by atoms with Crippen molar-refractivity contribution >= 4 is 12.4 Å². The highest BCUT2D eigenvalue weighted by Crippen LogP contribution is 2.33. The van der Waals surface area contributed by atoms with Gasteiger partial charge in [0.05, 0.1) is 18.8 Å². The number of nitrogens with zero attached hydrogens (tertiary/aromatic N) is 5. The molecule has 146 valence electrons. The summed E-state index contributed by atoms with van der Waals surface area (Å²) in [4.78, 5) is 31.6. The van der Waals surface area contributed by atoms with Crippen LogP contribution in [0.1, 0.15) is 36.3 Å². The minimum atomic E-state index is -0.250. The molecule has 0 saturated heterocycles. The number of oxazole rings is 1. The van der Waals surface area contributed by atoms with Crippen molar-refractivity contribution < 1.29 is 19.1 Å². The second-order valence-electron chi connectivity index (χ2n) is 6.54. The SMILES string of the molecule is CC(C)[C@H]1c2nc(-c3ccccc3)nn2CCN1C(=O)c1cnco1.O=CO. The van der Waals surface area contributed by atoms with Crippen LogP contribution in [-0.2, 0) is 11.3 Å². The fraction of sp³-hybridized carbons (Fsp3) is 0.316. The lowest BCUT2D eigenvalue weighted by Crippen LogP contribution is -2.44. The van der Waals surface area contributed by atoms with Crippen LogP contribution in [0.4, 0.5) is 0 Å². The van der Waals surface area contributed by atoms with Crippen LogP contribution in [0.2, 0.25) is 0 Å². The summed E-state index contributed by atoms with van der Waals surface area (Å²) in [5, 5.41) is 11.5. The highest BCUT2D eigenvalue weighted by atomic mass is 16.4. The van der Waals surface area contributed by atoms with Gasteiger partial charge in [0, 0.05) is 12.1 Å². The quantitative estimate of drug-likeness (QED) is 0.691. The number of aromatic nitrogens is 4. The molecule has 3 aromatic rings. The van der Waals surface area contributed by atoms with Gasteiger partial charge in [0.1, 0.15) is 0 Å². The van der Waals surface area contributed by atoms with E-state index < -0.39 is 0 Å². The van der Waals surface area contributed by atoms with Gasteiger partial charge in [0.15, 0.2) is 18.0 Å². The summed E-state index contributed by atoms with van der Waals surface area (Å²) in [6.07, 6.45) is 2.73. The second kappa shape index (κ2) is 8.47. The molecular formula is C19H21N5O4. The van der Waals surface area contributed by atoms with Gasteiger partial charge in [-0.2, -0.15) is 5.10 Å². The Hall–Kier alpha value is -3.49. The Labute approximate surface area is 161 Å². The predicted octanol–water partition coefficient (Wildman–Crippen LogP) is 2.49. The molecule has 1 aliphatic heterocycles. The molecule has 1 amide bonds. The fourth-order valence-electron chi connectivity index (χ4n) is 3.28. The first kappa shape index (κ1) is 19.3. The normalized spacial score (nSPS) is 15.5. The minimum absolute atomic E-state index is 0.156. The highest BCUT2D eigenvalue weighted by molar-refractivity contribution is 5.91. The molecule has 9 nitrogen and oxygen atoms in total. The van der Waals surface area contributed by atoms with Gasteiger partial charge in [0.2, 0.25) is 5.76 Å². The van der Waals surface area contributed by atoms with Gasteiger partial charge in [-0.25, -0.2) is 14.6 Å². The zero-order valence-electron chi connectivity index (χ0n) is 15.6. The van der Waals surface area contributed by atoms with E-state index in [4.69, 9.17) is 19.3 Å². The number of rotatable bonds is 3. The summed E-state index contributed by atoms with van der Waals surface area (Å²) < 4.78 is 7.11. The van der Waals surface area contributed by atoms with Crippen molar-refractivity contribution in [2.75, 3.05) is 6.54 Å². The molecule has 0 unspecified atom stereocenters. The molecule has 1 N–H and O–H groups in total. The Balaban J connectivity index is 0.000000706. The van der Waals surface area contributed by atoms with Gasteiger partial charge in [-0.3, -0.25) is 9.59 Å². The topological polar surface area (TPSA) is 114 Å². The lowest BCUT2D eigenvalue weighted by Gasteiger charge is -2.36. The van der Waals surface area contributed by atoms with Gasteiger partial charge in [-0.05, 0) is 5.92 Å². The van der Waals surface area contributed by atoms with E-state index in [2.05, 4.69) is 23.9 Å². The van der Waals surface area contributed by atoms with E-state index in [-0.39, 0.29) is 30.1 Å². The molecule has 0 radical (unpaired) electrons. The van der Waals surface area contributed by atoms with Crippen molar-refractivity contribution in [2.45, 2.75) is 26.4 Å². The van der Waals surface area contributed by atoms with Gasteiger partial charge >= 0.3 is 0 Å². The molecule has 0 fully saturated rings. The molecule has 1 atom stereocenters. The average molecular weight is 383 g/mol. The maximum atomic E-state index is 12.8. The van der Waals surface area contributed by atoms with Crippen molar-refractivity contribution in [1.29, 1.82) is 0 Å². The Bertz CT molecular complexity index is 921. The number of benzene rings is 1. The third kappa shape index (κ3) is 3.78. The second-order valence-corrected chi connectivity index (χ2v) is 6.54. The van der Waals surface area contributed by atoms with E-state index >= 15 is 0 Å². The lowest BCUT2D eigenvalue weighted by atomic mass is 9.99. The molecule has 28 heavy (non-hydrogen) atoms. The van der Waals surface area contributed by atoms with Crippen molar-refractivity contribution in [1.82, 2.24) is 24.6 Å². The van der Waals surface area contributed by atoms with E-state index in [1.165, 1.54) is 12.6 Å². The molecule has 0 saturated carbocycles. The van der Waals surface area contributed by atoms with Crippen LogP contribution >= 0.6 is 0 Å². The summed E-state index contributed by atoms with van der Waals surface area (Å²) >= 11 is 0. The number of carbonyl (C=O) groups excluding carboxylic acids is 1. The highest BCUT2D eigenvalue weighted by Gasteiger charge is 2.37. The summed E-state index contributed by atoms with van der Waals surface area (Å²) in [7, 11) is 0. The van der Waals surface area contributed by atoms with Crippen LogP contribution in [0.5, 0.6) is 0 Å². The van der Waals surface area contributed by atoms with E-state index in [0.717, 1.165) is 11.4 Å². The first-order chi connectivity index (χ1) is 13.6. The van der Waals surface area contributed by atoms with Crippen molar-refractivity contribution in [2.24, 2.45) is 5.92 Å². The molecule has 1 aliphatic rings. The number of carboxylic acid groups (broad SMARTS) is 1. The summed E-state index contributed by atoms with van der Waals surface area (Å²) in [6.45, 7) is 5.08. The van der Waals surface area contributed by atoms with Crippen molar-refractivity contribution in [3.05, 3.63) is 54.5 Å². The fourth-order valence-corrected chi connectivity index (χ4v) is 3.28. The van der Waals surface area contributed by atoms with Crippen LogP contribution in [0.25, 0.3) is 11.4 Å². The van der Waals surface area contributed by atoms with Gasteiger partial charge < -0.3 is 14.4 Å². The van der Waals surface area contributed by atoms with Crippen LogP contribution in [-0.4, -0.2) is 48.7 Å². The Morgan fingerprint density at radius 2 is 2.00 bits per heavy atom. The first-order valence-electron chi connectivity index (χ1n) is 8.84. The molecule has 1 aromatic carbocycles. The maximum Gasteiger partial charge on any atom is 0.291 e. The molecule has 9 heteroatoms. The Morgan fingerprint density at radius 3 is 2.61 bits per heavy atom. The lowest BCUT2D eigenvalue weighted by molar-refractivity contribution is -0.122. The van der Waals surface area contributed by atoms with E-state index in [9.17, 15) is 4.79 Å². The molecule has 2 aromatic heterocycles. The van der Waals surface area contributed by atoms with Gasteiger partial charge in [0.25, 0.3) is 12.4 Å². The van der Waals surface area contributed by atoms with Crippen molar-refractivity contribution in [3.8, 4) is 11.4 Å². The average Bonchev–Trinajstić information content (AvgIpc) is 3.37. The number of hydrogen-bond acceptors (Lipinski definition) is 6. The third-order valence-corrected chi connectivity index (χ3v) is 4.42. The smallest absolute Gasteiger partial charge is 0.291 e. The Morgan fingerprint density at radius 1 is 1.29 bits per heavy atom. The zero-order chi connectivity index (χ0) is 20.1. The van der Waals surface area contributed by atoms with Crippen LogP contribution < -0.4 is 0 Å². The minimum Gasteiger partial charge on any atom is -0.483 e. The standard InChI is InChI=1S/C18H19N5O2.CH2O2/c1-12(2)15-17-20-16(13-6-4-3-5-7-13)21-23(17)9-8-22(15)18(24)14-10-19-11-25-14;2-1-3/h3-7,10-12,15H,8-9H2,1-2H3;1H,(H,2,3)/t15-;/m0./s1. The molecule has 0 aliphatic carbocycles. The molecule has 0 bridgehead atoms. The molecule has 4 rings (SSSR count). The third-order valence-electron chi connectivity index (χ3n) is 4.42. The zero-order valence-corrected chi connectivity index (χ0v) is 15.6. The first-order valence-corrected chi connectivity index (χ1v) is 8.84. The van der Waals surface area contributed by atoms with E-state index in [1.54, 1.807) is 0 Å². The molecule has 0 spiro atoms. The number of amides is 1. The Kier molecular flexibility index (Phi) is 5.83. The van der Waals surface area contributed by atoms with Gasteiger partial charge in [-0.15, -0.1) is 0 Å². The maximum absolute atomic E-state index is 12.8. The van der Waals surface area contributed by atoms with Gasteiger partial charge in [-0.1, -0.05) is 44.2 Å². The van der Waals surface area contributed by atoms with Crippen LogP contribution in [0.3, 0.4) is 0 Å². The van der Waals surface area contributed by atoms with E-state index in [1.807, 2.05) is 39.9 Å². The predicted molar refractivity (Wildman–Crippen MR) is 99.3 cm³/mol. The molecule has 3 heterocycles. The largest absolute Gasteiger partial charge is 0.483 e. The van der Waals surface area contributed by atoms with E-state index in [0.29, 0.717) is 18.9 Å². The molecular weight excluding hydrogens is 362 g/mol. The van der Waals surface area contributed by atoms with Crippen molar-refractivity contribution in [3.63, 3.8) is 0 Å². The number of fused-ring (bicyclic) bond motifs is 1. The summed E-state index contributed by atoms with van der Waals surface area (Å²) in [6, 6.07) is 9.72. The number of carbonyl (C=O) groups is 2. The monoisotopic (exact) mass is 383 g/mol. The van der Waals surface area contributed by atoms with Crippen LogP contribution in [0, 0.1) is 5.92 Å². The number of hydrogen-bond donors (Lipinski definition) is 1. The summed E-state index contributed by atoms with van der Waals surface area (Å²) in [5.74, 6) is 1.79. The van der Waals surface area contributed by atoms with Crippen LogP contribution in [0.15, 0.2) is 47.3 Å². The summed E-state index contributed by atoms with van der Waals surface area (Å²) in [5.41, 5.74) is 0.972.